The van der Waals surface area contributed by atoms with E-state index in [1.165, 1.54) is 48.8 Å². The van der Waals surface area contributed by atoms with Crippen molar-refractivity contribution in [2.24, 2.45) is 5.92 Å². The number of rotatable bonds is 6. The summed E-state index contributed by atoms with van der Waals surface area (Å²) in [5, 5.41) is 3.54. The molecule has 1 aliphatic rings. The number of hydrogen-bond donors (Lipinski definition) is 1. The Hall–Kier alpha value is -0.860. The quantitative estimate of drug-likeness (QED) is 0.829. The molecule has 0 heterocycles. The van der Waals surface area contributed by atoms with Gasteiger partial charge in [0.05, 0.1) is 12.1 Å². The SMILES string of the molecule is CCOC(C1CCCCC1)C(NC)c1ccc(C)cc1C. The molecule has 1 saturated carbocycles. The van der Waals surface area contributed by atoms with Crippen LogP contribution in [0, 0.1) is 19.8 Å². The van der Waals surface area contributed by atoms with Crippen molar-refractivity contribution in [3.63, 3.8) is 0 Å². The molecule has 2 nitrogen and oxygen atoms in total. The van der Waals surface area contributed by atoms with Crippen molar-refractivity contribution in [3.8, 4) is 0 Å². The Morgan fingerprint density at radius 2 is 1.90 bits per heavy atom. The van der Waals surface area contributed by atoms with E-state index in [1.54, 1.807) is 0 Å². The van der Waals surface area contributed by atoms with E-state index < -0.39 is 0 Å². The fourth-order valence-corrected chi connectivity index (χ4v) is 3.83. The molecule has 0 spiro atoms. The van der Waals surface area contributed by atoms with E-state index in [1.807, 2.05) is 0 Å². The Bertz CT molecular complexity index is 437. The first-order valence-corrected chi connectivity index (χ1v) is 8.53. The van der Waals surface area contributed by atoms with Gasteiger partial charge in [-0.2, -0.15) is 0 Å². The lowest BCUT2D eigenvalue weighted by molar-refractivity contribution is -0.0169. The lowest BCUT2D eigenvalue weighted by Gasteiger charge is -2.36. The van der Waals surface area contributed by atoms with Crippen LogP contribution in [0.4, 0.5) is 0 Å². The van der Waals surface area contributed by atoms with E-state index in [4.69, 9.17) is 4.74 Å². The lowest BCUT2D eigenvalue weighted by atomic mass is 9.80. The third-order valence-corrected chi connectivity index (χ3v) is 4.87. The van der Waals surface area contributed by atoms with E-state index in [0.717, 1.165) is 6.61 Å². The highest BCUT2D eigenvalue weighted by molar-refractivity contribution is 5.33. The molecule has 1 aliphatic carbocycles. The first kappa shape index (κ1) is 16.5. The molecular weight excluding hydrogens is 258 g/mol. The molecule has 0 amide bonds. The molecule has 0 bridgehead atoms. The van der Waals surface area contributed by atoms with Crippen molar-refractivity contribution < 1.29 is 4.74 Å². The summed E-state index contributed by atoms with van der Waals surface area (Å²) < 4.78 is 6.21. The monoisotopic (exact) mass is 289 g/mol. The van der Waals surface area contributed by atoms with Crippen molar-refractivity contribution in [2.75, 3.05) is 13.7 Å². The van der Waals surface area contributed by atoms with Crippen LogP contribution >= 0.6 is 0 Å². The predicted molar refractivity (Wildman–Crippen MR) is 89.7 cm³/mol. The van der Waals surface area contributed by atoms with Gasteiger partial charge in [0.25, 0.3) is 0 Å². The van der Waals surface area contributed by atoms with E-state index >= 15 is 0 Å². The highest BCUT2D eigenvalue weighted by Crippen LogP contribution is 2.35. The number of benzene rings is 1. The fourth-order valence-electron chi connectivity index (χ4n) is 3.83. The normalized spacial score (nSPS) is 19.4. The first-order valence-electron chi connectivity index (χ1n) is 8.53. The average Bonchev–Trinajstić information content (AvgIpc) is 2.50. The van der Waals surface area contributed by atoms with Crippen LogP contribution in [-0.2, 0) is 4.74 Å². The second kappa shape index (κ2) is 7.95. The topological polar surface area (TPSA) is 21.3 Å². The maximum Gasteiger partial charge on any atom is 0.0797 e. The largest absolute Gasteiger partial charge is 0.376 e. The summed E-state index contributed by atoms with van der Waals surface area (Å²) in [6, 6.07) is 7.08. The molecule has 0 saturated heterocycles. The standard InChI is InChI=1S/C19H31NO/c1-5-21-19(16-9-7-6-8-10-16)18(20-4)17-12-11-14(2)13-15(17)3/h11-13,16,18-20H,5-10H2,1-4H3. The summed E-state index contributed by atoms with van der Waals surface area (Å²) in [4.78, 5) is 0. The van der Waals surface area contributed by atoms with Crippen molar-refractivity contribution in [3.05, 3.63) is 34.9 Å². The molecule has 118 valence electrons. The van der Waals surface area contributed by atoms with Gasteiger partial charge in [0.1, 0.15) is 0 Å². The minimum absolute atomic E-state index is 0.293. The maximum atomic E-state index is 6.21. The molecule has 1 N–H and O–H groups in total. The summed E-state index contributed by atoms with van der Waals surface area (Å²) >= 11 is 0. The zero-order chi connectivity index (χ0) is 15.2. The number of ether oxygens (including phenoxy) is 1. The molecule has 1 aromatic carbocycles. The molecule has 21 heavy (non-hydrogen) atoms. The van der Waals surface area contributed by atoms with Crippen LogP contribution in [0.1, 0.15) is 61.8 Å². The summed E-state index contributed by atoms with van der Waals surface area (Å²) in [5.74, 6) is 0.692. The Morgan fingerprint density at radius 1 is 1.19 bits per heavy atom. The van der Waals surface area contributed by atoms with Gasteiger partial charge in [-0.3, -0.25) is 0 Å². The number of likely N-dealkylation sites (N-methyl/N-ethyl adjacent to an activating group) is 1. The minimum Gasteiger partial charge on any atom is -0.376 e. The Morgan fingerprint density at radius 3 is 2.48 bits per heavy atom. The average molecular weight is 289 g/mol. The third kappa shape index (κ3) is 4.08. The molecule has 0 radical (unpaired) electrons. The van der Waals surface area contributed by atoms with Crippen LogP contribution in [0.25, 0.3) is 0 Å². The van der Waals surface area contributed by atoms with Crippen LogP contribution in [0.15, 0.2) is 18.2 Å². The minimum atomic E-state index is 0.293. The molecule has 0 aromatic heterocycles. The molecule has 2 unspecified atom stereocenters. The molecule has 0 aliphatic heterocycles. The van der Waals surface area contributed by atoms with E-state index in [9.17, 15) is 0 Å². The number of nitrogens with one attached hydrogen (secondary N) is 1. The summed E-state index contributed by atoms with van der Waals surface area (Å²) in [7, 11) is 2.07. The number of hydrogen-bond acceptors (Lipinski definition) is 2. The van der Waals surface area contributed by atoms with Gasteiger partial charge in [0.2, 0.25) is 0 Å². The van der Waals surface area contributed by atoms with Crippen LogP contribution in [0.5, 0.6) is 0 Å². The Balaban J connectivity index is 2.25. The van der Waals surface area contributed by atoms with Crippen LogP contribution < -0.4 is 5.32 Å². The molecule has 1 fully saturated rings. The third-order valence-electron chi connectivity index (χ3n) is 4.87. The summed E-state index contributed by atoms with van der Waals surface area (Å²) in [6.07, 6.45) is 7.03. The first-order chi connectivity index (χ1) is 10.2. The maximum absolute atomic E-state index is 6.21. The fraction of sp³-hybridized carbons (Fsp3) is 0.684. The second-order valence-corrected chi connectivity index (χ2v) is 6.44. The van der Waals surface area contributed by atoms with Gasteiger partial charge in [-0.15, -0.1) is 0 Å². The predicted octanol–water partition coefficient (Wildman–Crippen LogP) is 4.55. The van der Waals surface area contributed by atoms with E-state index in [0.29, 0.717) is 18.1 Å². The smallest absolute Gasteiger partial charge is 0.0797 e. The molecule has 2 atom stereocenters. The van der Waals surface area contributed by atoms with E-state index in [-0.39, 0.29) is 0 Å². The van der Waals surface area contributed by atoms with Crippen molar-refractivity contribution in [1.82, 2.24) is 5.32 Å². The lowest BCUT2D eigenvalue weighted by Crippen LogP contribution is -2.38. The van der Waals surface area contributed by atoms with Crippen molar-refractivity contribution in [1.29, 1.82) is 0 Å². The highest BCUT2D eigenvalue weighted by atomic mass is 16.5. The second-order valence-electron chi connectivity index (χ2n) is 6.44. The summed E-state index contributed by atoms with van der Waals surface area (Å²) in [5.41, 5.74) is 4.10. The zero-order valence-electron chi connectivity index (χ0n) is 14.1. The Labute approximate surface area is 130 Å². The van der Waals surface area contributed by atoms with Crippen molar-refractivity contribution >= 4 is 0 Å². The van der Waals surface area contributed by atoms with Crippen LogP contribution in [-0.4, -0.2) is 19.8 Å². The molecule has 1 aromatic rings. The van der Waals surface area contributed by atoms with Gasteiger partial charge in [0.15, 0.2) is 0 Å². The van der Waals surface area contributed by atoms with Gasteiger partial charge < -0.3 is 10.1 Å². The van der Waals surface area contributed by atoms with Crippen molar-refractivity contribution in [2.45, 2.75) is 65.0 Å². The number of aryl methyl sites for hydroxylation is 2. The van der Waals surface area contributed by atoms with E-state index in [2.05, 4.69) is 51.3 Å². The molecular formula is C19H31NO. The molecule has 2 heteroatoms. The van der Waals surface area contributed by atoms with Gasteiger partial charge in [0, 0.05) is 6.61 Å². The Kier molecular flexibility index (Phi) is 6.25. The van der Waals surface area contributed by atoms with Gasteiger partial charge >= 0.3 is 0 Å². The zero-order valence-corrected chi connectivity index (χ0v) is 14.1. The van der Waals surface area contributed by atoms with Crippen LogP contribution in [0.3, 0.4) is 0 Å². The van der Waals surface area contributed by atoms with Crippen LogP contribution in [0.2, 0.25) is 0 Å². The summed E-state index contributed by atoms with van der Waals surface area (Å²) in [6.45, 7) is 7.29. The van der Waals surface area contributed by atoms with Gasteiger partial charge in [-0.25, -0.2) is 0 Å². The highest BCUT2D eigenvalue weighted by Gasteiger charge is 2.31. The van der Waals surface area contributed by atoms with Gasteiger partial charge in [-0.1, -0.05) is 43.0 Å². The van der Waals surface area contributed by atoms with Gasteiger partial charge in [-0.05, 0) is 57.7 Å². The molecule has 2 rings (SSSR count).